The van der Waals surface area contributed by atoms with Gasteiger partial charge in [-0.2, -0.15) is 0 Å². The van der Waals surface area contributed by atoms with Gasteiger partial charge in [0.2, 0.25) is 5.91 Å². The zero-order valence-corrected chi connectivity index (χ0v) is 10.4. The number of hydrogen-bond acceptors (Lipinski definition) is 4. The molecule has 5 N–H and O–H groups in total. The zero-order valence-electron chi connectivity index (χ0n) is 10.4. The Labute approximate surface area is 111 Å². The summed E-state index contributed by atoms with van der Waals surface area (Å²) in [6.07, 6.45) is 1.54. The van der Waals surface area contributed by atoms with Crippen LogP contribution in [0.4, 0.5) is 5.82 Å². The number of rotatable bonds is 5. The van der Waals surface area contributed by atoms with Gasteiger partial charge < -0.3 is 16.8 Å². The third kappa shape index (κ3) is 3.53. The highest BCUT2D eigenvalue weighted by atomic mass is 16.1. The molecule has 0 radical (unpaired) electrons. The first kappa shape index (κ1) is 13.0. The molecule has 1 aromatic heterocycles. The van der Waals surface area contributed by atoms with Crippen LogP contribution in [-0.2, 0) is 0 Å². The van der Waals surface area contributed by atoms with E-state index in [4.69, 9.17) is 11.5 Å². The Bertz CT molecular complexity index is 556. The second-order valence-corrected chi connectivity index (χ2v) is 4.19. The number of carbonyl (C=O) groups excluding carboxylic acids is 1. The van der Waals surface area contributed by atoms with Gasteiger partial charge in [0.1, 0.15) is 5.82 Å². The highest BCUT2D eigenvalue weighted by Gasteiger charge is 2.06. The van der Waals surface area contributed by atoms with Crippen LogP contribution in [0, 0.1) is 0 Å². The number of anilines is 1. The largest absolute Gasteiger partial charge is 0.368 e. The van der Waals surface area contributed by atoms with Crippen LogP contribution in [0.5, 0.6) is 0 Å². The molecule has 0 aliphatic heterocycles. The van der Waals surface area contributed by atoms with E-state index < -0.39 is 5.91 Å². The molecule has 5 nitrogen and oxygen atoms in total. The Morgan fingerprint density at radius 3 is 2.68 bits per heavy atom. The molecule has 1 unspecified atom stereocenters. The van der Waals surface area contributed by atoms with Crippen molar-refractivity contribution in [3.63, 3.8) is 0 Å². The molecule has 0 bridgehead atoms. The van der Waals surface area contributed by atoms with E-state index in [2.05, 4.69) is 10.3 Å². The van der Waals surface area contributed by atoms with Crippen molar-refractivity contribution >= 4 is 11.7 Å². The van der Waals surface area contributed by atoms with Crippen LogP contribution in [0.1, 0.15) is 22.0 Å². The second kappa shape index (κ2) is 5.97. The fraction of sp³-hybridized carbons (Fsp3) is 0.143. The fourth-order valence-corrected chi connectivity index (χ4v) is 1.71. The average molecular weight is 256 g/mol. The highest BCUT2D eigenvalue weighted by Crippen LogP contribution is 2.11. The second-order valence-electron chi connectivity index (χ2n) is 4.19. The van der Waals surface area contributed by atoms with E-state index in [0.29, 0.717) is 17.9 Å². The standard InChI is InChI=1S/C14H16N4O/c15-12(10-4-2-1-3-5-10)9-18-13-8-11(14(16)19)6-7-17-13/h1-8,12H,9,15H2,(H2,16,19)(H,17,18). The van der Waals surface area contributed by atoms with Crippen molar-refractivity contribution < 1.29 is 4.79 Å². The molecule has 1 amide bonds. The first-order chi connectivity index (χ1) is 9.16. The summed E-state index contributed by atoms with van der Waals surface area (Å²) in [6.45, 7) is 0.527. The maximum atomic E-state index is 11.1. The summed E-state index contributed by atoms with van der Waals surface area (Å²) in [4.78, 5) is 15.2. The number of hydrogen-bond donors (Lipinski definition) is 3. The molecular weight excluding hydrogens is 240 g/mol. The van der Waals surface area contributed by atoms with Crippen molar-refractivity contribution in [3.05, 3.63) is 59.8 Å². The number of nitrogens with one attached hydrogen (secondary N) is 1. The zero-order chi connectivity index (χ0) is 13.7. The summed E-state index contributed by atoms with van der Waals surface area (Å²) >= 11 is 0. The topological polar surface area (TPSA) is 94.0 Å². The van der Waals surface area contributed by atoms with Gasteiger partial charge in [-0.3, -0.25) is 4.79 Å². The molecular formula is C14H16N4O. The van der Waals surface area contributed by atoms with Gasteiger partial charge >= 0.3 is 0 Å². The molecule has 0 aliphatic rings. The molecule has 5 heteroatoms. The van der Waals surface area contributed by atoms with Crippen molar-refractivity contribution in [3.8, 4) is 0 Å². The normalized spacial score (nSPS) is 11.8. The Morgan fingerprint density at radius 1 is 1.26 bits per heavy atom. The minimum atomic E-state index is -0.474. The third-order valence-corrected chi connectivity index (χ3v) is 2.78. The smallest absolute Gasteiger partial charge is 0.248 e. The SMILES string of the molecule is NC(=O)c1ccnc(NCC(N)c2ccccc2)c1. The van der Waals surface area contributed by atoms with E-state index in [9.17, 15) is 4.79 Å². The van der Waals surface area contributed by atoms with E-state index >= 15 is 0 Å². The number of aromatic nitrogens is 1. The van der Waals surface area contributed by atoms with Crippen molar-refractivity contribution in [1.29, 1.82) is 0 Å². The molecule has 2 rings (SSSR count). The number of nitrogens with zero attached hydrogens (tertiary/aromatic N) is 1. The Morgan fingerprint density at radius 2 is 2.00 bits per heavy atom. The average Bonchev–Trinajstić information content (AvgIpc) is 2.46. The van der Waals surface area contributed by atoms with Gasteiger partial charge in [-0.05, 0) is 17.7 Å². The van der Waals surface area contributed by atoms with Gasteiger partial charge in [-0.25, -0.2) is 4.98 Å². The molecule has 1 aromatic carbocycles. The van der Waals surface area contributed by atoms with Crippen molar-refractivity contribution in [1.82, 2.24) is 4.98 Å². The predicted molar refractivity (Wildman–Crippen MR) is 74.6 cm³/mol. The quantitative estimate of drug-likeness (QED) is 0.751. The molecule has 0 spiro atoms. The lowest BCUT2D eigenvalue weighted by Crippen LogP contribution is -2.21. The van der Waals surface area contributed by atoms with Gasteiger partial charge in [-0.1, -0.05) is 30.3 Å². The van der Waals surface area contributed by atoms with Crippen molar-refractivity contribution in [2.24, 2.45) is 11.5 Å². The molecule has 0 saturated carbocycles. The van der Waals surface area contributed by atoms with Crippen LogP contribution in [0.3, 0.4) is 0 Å². The van der Waals surface area contributed by atoms with Gasteiger partial charge in [-0.15, -0.1) is 0 Å². The van der Waals surface area contributed by atoms with Gasteiger partial charge in [0, 0.05) is 24.3 Å². The van der Waals surface area contributed by atoms with Crippen LogP contribution in [0.2, 0.25) is 0 Å². The lowest BCUT2D eigenvalue weighted by molar-refractivity contribution is 0.1000. The van der Waals surface area contributed by atoms with Crippen molar-refractivity contribution in [2.75, 3.05) is 11.9 Å². The van der Waals surface area contributed by atoms with E-state index in [0.717, 1.165) is 5.56 Å². The lowest BCUT2D eigenvalue weighted by Gasteiger charge is -2.13. The summed E-state index contributed by atoms with van der Waals surface area (Å²) in [5.41, 5.74) is 12.7. The molecule has 1 heterocycles. The summed E-state index contributed by atoms with van der Waals surface area (Å²) in [5.74, 6) is 0.112. The van der Waals surface area contributed by atoms with E-state index in [1.807, 2.05) is 30.3 Å². The number of pyridine rings is 1. The fourth-order valence-electron chi connectivity index (χ4n) is 1.71. The van der Waals surface area contributed by atoms with Crippen molar-refractivity contribution in [2.45, 2.75) is 6.04 Å². The number of benzene rings is 1. The minimum absolute atomic E-state index is 0.139. The third-order valence-electron chi connectivity index (χ3n) is 2.78. The molecule has 19 heavy (non-hydrogen) atoms. The molecule has 0 aliphatic carbocycles. The van der Waals surface area contributed by atoms with Crippen LogP contribution < -0.4 is 16.8 Å². The van der Waals surface area contributed by atoms with Gasteiger partial charge in [0.15, 0.2) is 0 Å². The molecule has 98 valence electrons. The summed E-state index contributed by atoms with van der Waals surface area (Å²) in [6, 6.07) is 12.8. The van der Waals surface area contributed by atoms with E-state index in [1.165, 1.54) is 6.20 Å². The Hall–Kier alpha value is -2.40. The monoisotopic (exact) mass is 256 g/mol. The maximum Gasteiger partial charge on any atom is 0.248 e. The lowest BCUT2D eigenvalue weighted by atomic mass is 10.1. The number of amides is 1. The summed E-state index contributed by atoms with van der Waals surface area (Å²) < 4.78 is 0. The molecule has 0 saturated heterocycles. The first-order valence-corrected chi connectivity index (χ1v) is 5.97. The van der Waals surface area contributed by atoms with Crippen LogP contribution in [-0.4, -0.2) is 17.4 Å². The van der Waals surface area contributed by atoms with E-state index in [-0.39, 0.29) is 6.04 Å². The summed E-state index contributed by atoms with van der Waals surface area (Å²) in [7, 11) is 0. The van der Waals surface area contributed by atoms with Crippen LogP contribution in [0.25, 0.3) is 0 Å². The number of primary amides is 1. The van der Waals surface area contributed by atoms with Crippen LogP contribution in [0.15, 0.2) is 48.7 Å². The Balaban J connectivity index is 1.99. The number of nitrogens with two attached hydrogens (primary N) is 2. The number of carbonyl (C=O) groups is 1. The van der Waals surface area contributed by atoms with Gasteiger partial charge in [0.05, 0.1) is 0 Å². The van der Waals surface area contributed by atoms with Crippen LogP contribution >= 0.6 is 0 Å². The molecule has 1 atom stereocenters. The Kier molecular flexibility index (Phi) is 4.10. The van der Waals surface area contributed by atoms with Gasteiger partial charge in [0.25, 0.3) is 0 Å². The summed E-state index contributed by atoms with van der Waals surface area (Å²) in [5, 5.41) is 3.09. The first-order valence-electron chi connectivity index (χ1n) is 5.97. The maximum absolute atomic E-state index is 11.1. The van der Waals surface area contributed by atoms with E-state index in [1.54, 1.807) is 12.1 Å². The highest BCUT2D eigenvalue weighted by molar-refractivity contribution is 5.93. The minimum Gasteiger partial charge on any atom is -0.368 e. The molecule has 2 aromatic rings. The predicted octanol–water partition coefficient (Wildman–Crippen LogP) is 1.29. The molecule has 0 fully saturated rings.